The summed E-state index contributed by atoms with van der Waals surface area (Å²) in [6, 6.07) is 0.840. The predicted octanol–water partition coefficient (Wildman–Crippen LogP) is 7.84. The van der Waals surface area contributed by atoms with Gasteiger partial charge in [-0.2, -0.15) is 0 Å². The lowest BCUT2D eigenvalue weighted by molar-refractivity contribution is 0.0522. The lowest BCUT2D eigenvalue weighted by Crippen LogP contribution is -2.47. The Labute approximate surface area is 195 Å². The van der Waals surface area contributed by atoms with Crippen molar-refractivity contribution in [2.45, 2.75) is 144 Å². The Morgan fingerprint density at radius 2 is 1.48 bits per heavy atom. The van der Waals surface area contributed by atoms with Gasteiger partial charge in [-0.25, -0.2) is 0 Å². The van der Waals surface area contributed by atoms with Crippen LogP contribution >= 0.6 is 0 Å². The van der Waals surface area contributed by atoms with E-state index in [0.717, 1.165) is 47.8 Å². The summed E-state index contributed by atoms with van der Waals surface area (Å²) in [6.45, 7) is 15.9. The molecule has 2 N–H and O–H groups in total. The van der Waals surface area contributed by atoms with Crippen LogP contribution in [0.5, 0.6) is 0 Å². The van der Waals surface area contributed by atoms with Crippen LogP contribution in [0.15, 0.2) is 0 Å². The summed E-state index contributed by atoms with van der Waals surface area (Å²) in [6.07, 6.45) is 16.1. The Kier molecular flexibility index (Phi) is 11.9. The molecule has 3 saturated carbocycles. The van der Waals surface area contributed by atoms with Crippen LogP contribution in [0.3, 0.4) is 0 Å². The Morgan fingerprint density at radius 3 is 2.16 bits per heavy atom. The van der Waals surface area contributed by atoms with Gasteiger partial charge in [0.1, 0.15) is 0 Å². The molecule has 0 aromatic heterocycles. The van der Waals surface area contributed by atoms with Crippen LogP contribution in [0.25, 0.3) is 0 Å². The monoisotopic (exact) mass is 435 g/mol. The van der Waals surface area contributed by atoms with Crippen molar-refractivity contribution in [3.8, 4) is 0 Å². The average Bonchev–Trinajstić information content (AvgIpc) is 2.74. The molecule has 0 aromatic rings. The van der Waals surface area contributed by atoms with E-state index in [-0.39, 0.29) is 12.1 Å². The summed E-state index contributed by atoms with van der Waals surface area (Å²) < 4.78 is 0. The van der Waals surface area contributed by atoms with Gasteiger partial charge in [-0.15, -0.1) is 0 Å². The number of aliphatic hydroxyl groups excluding tert-OH is 1. The van der Waals surface area contributed by atoms with Crippen molar-refractivity contribution in [1.29, 1.82) is 0 Å². The maximum absolute atomic E-state index is 11.1. The van der Waals surface area contributed by atoms with Crippen molar-refractivity contribution >= 4 is 0 Å². The van der Waals surface area contributed by atoms with Crippen LogP contribution in [0.1, 0.15) is 126 Å². The lowest BCUT2D eigenvalue weighted by Gasteiger charge is -2.40. The lowest BCUT2D eigenvalue weighted by atomic mass is 9.67. The Bertz CT molecular complexity index is 479. The molecule has 2 nitrogen and oxygen atoms in total. The molecule has 10 atom stereocenters. The zero-order valence-electron chi connectivity index (χ0n) is 22.2. The number of nitrogens with one attached hydrogen (secondary N) is 1. The molecule has 3 rings (SSSR count). The molecule has 0 saturated heterocycles. The maximum Gasteiger partial charge on any atom is 0.0693 e. The minimum Gasteiger partial charge on any atom is -0.392 e. The van der Waals surface area contributed by atoms with Crippen molar-refractivity contribution < 1.29 is 5.11 Å². The van der Waals surface area contributed by atoms with Gasteiger partial charge in [0.05, 0.1) is 6.10 Å². The van der Waals surface area contributed by atoms with E-state index < -0.39 is 0 Å². The molecule has 0 heterocycles. The normalized spacial score (nSPS) is 41.0. The maximum atomic E-state index is 11.1. The van der Waals surface area contributed by atoms with E-state index in [0.29, 0.717) is 6.04 Å². The first-order valence-corrected chi connectivity index (χ1v) is 14.3. The molecule has 0 aromatic carbocycles. The smallest absolute Gasteiger partial charge is 0.0693 e. The van der Waals surface area contributed by atoms with Gasteiger partial charge in [-0.05, 0) is 99.7 Å². The molecule has 8 unspecified atom stereocenters. The standard InChI is InChI=1S/C27H51NO.C2H6/c1-18-7-6-8-23(13-18)16-25-14-19(2)9-11-24(25)17-27(29)22(5)28-26-12-10-20(3)21(4)15-26;1-2/h18-29H,6-17H2,1-5H3;1-2H3/t18?,19?,20-,21?,22-,23?,24?,25?,26?,27?;/m0./s1. The van der Waals surface area contributed by atoms with Crippen molar-refractivity contribution in [3.63, 3.8) is 0 Å². The third-order valence-corrected chi connectivity index (χ3v) is 9.30. The molecule has 0 aliphatic heterocycles. The van der Waals surface area contributed by atoms with E-state index in [1.54, 1.807) is 0 Å². The van der Waals surface area contributed by atoms with Gasteiger partial charge >= 0.3 is 0 Å². The summed E-state index contributed by atoms with van der Waals surface area (Å²) in [5.74, 6) is 6.04. The molecule has 0 radical (unpaired) electrons. The van der Waals surface area contributed by atoms with E-state index in [9.17, 15) is 5.11 Å². The molecule has 31 heavy (non-hydrogen) atoms. The van der Waals surface area contributed by atoms with E-state index >= 15 is 0 Å². The van der Waals surface area contributed by atoms with Gasteiger partial charge in [0.15, 0.2) is 0 Å². The van der Waals surface area contributed by atoms with Gasteiger partial charge < -0.3 is 10.4 Å². The van der Waals surface area contributed by atoms with Crippen LogP contribution in [-0.4, -0.2) is 23.3 Å². The van der Waals surface area contributed by atoms with Gasteiger partial charge in [0, 0.05) is 12.1 Å². The number of rotatable bonds is 7. The Hall–Kier alpha value is -0.0800. The summed E-state index contributed by atoms with van der Waals surface area (Å²) in [5.41, 5.74) is 0. The van der Waals surface area contributed by atoms with Gasteiger partial charge in [0.2, 0.25) is 0 Å². The third-order valence-electron chi connectivity index (χ3n) is 9.30. The second-order valence-corrected chi connectivity index (χ2v) is 12.0. The summed E-state index contributed by atoms with van der Waals surface area (Å²) >= 11 is 0. The molecule has 0 amide bonds. The molecule has 0 bridgehead atoms. The van der Waals surface area contributed by atoms with Gasteiger partial charge in [-0.3, -0.25) is 0 Å². The van der Waals surface area contributed by atoms with E-state index in [1.165, 1.54) is 70.6 Å². The molecule has 3 aliphatic carbocycles. The molecular formula is C29H57NO. The molecular weight excluding hydrogens is 378 g/mol. The number of hydrogen-bond acceptors (Lipinski definition) is 2. The second kappa shape index (κ2) is 13.6. The zero-order valence-corrected chi connectivity index (χ0v) is 22.2. The highest BCUT2D eigenvalue weighted by atomic mass is 16.3. The molecule has 184 valence electrons. The van der Waals surface area contributed by atoms with Crippen LogP contribution in [0, 0.1) is 41.4 Å². The fraction of sp³-hybridized carbons (Fsp3) is 1.00. The van der Waals surface area contributed by atoms with E-state index in [4.69, 9.17) is 0 Å². The van der Waals surface area contributed by atoms with Crippen LogP contribution < -0.4 is 5.32 Å². The summed E-state index contributed by atoms with van der Waals surface area (Å²) in [4.78, 5) is 0. The molecule has 3 fully saturated rings. The van der Waals surface area contributed by atoms with Gasteiger partial charge in [-0.1, -0.05) is 67.2 Å². The molecule has 3 aliphatic rings. The number of aliphatic hydroxyl groups is 1. The minimum absolute atomic E-state index is 0.184. The molecule has 0 spiro atoms. The quantitative estimate of drug-likeness (QED) is 0.427. The fourth-order valence-electron chi connectivity index (χ4n) is 7.06. The van der Waals surface area contributed by atoms with Crippen LogP contribution in [0.4, 0.5) is 0 Å². The van der Waals surface area contributed by atoms with Crippen LogP contribution in [-0.2, 0) is 0 Å². The van der Waals surface area contributed by atoms with Crippen molar-refractivity contribution in [1.82, 2.24) is 5.32 Å². The minimum atomic E-state index is -0.184. The predicted molar refractivity (Wildman–Crippen MR) is 136 cm³/mol. The topological polar surface area (TPSA) is 32.3 Å². The highest BCUT2D eigenvalue weighted by molar-refractivity contribution is 4.88. The third kappa shape index (κ3) is 8.65. The Balaban J connectivity index is 0.00000166. The number of hydrogen-bond donors (Lipinski definition) is 2. The van der Waals surface area contributed by atoms with Crippen molar-refractivity contribution in [2.75, 3.05) is 0 Å². The summed E-state index contributed by atoms with van der Waals surface area (Å²) in [5, 5.41) is 14.9. The highest BCUT2D eigenvalue weighted by Crippen LogP contribution is 2.43. The van der Waals surface area contributed by atoms with Gasteiger partial charge in [0.25, 0.3) is 0 Å². The summed E-state index contributed by atoms with van der Waals surface area (Å²) in [7, 11) is 0. The van der Waals surface area contributed by atoms with E-state index in [1.807, 2.05) is 13.8 Å². The van der Waals surface area contributed by atoms with Crippen molar-refractivity contribution in [3.05, 3.63) is 0 Å². The highest BCUT2D eigenvalue weighted by Gasteiger charge is 2.34. The first-order valence-electron chi connectivity index (χ1n) is 14.3. The van der Waals surface area contributed by atoms with Crippen molar-refractivity contribution in [2.24, 2.45) is 41.4 Å². The molecule has 2 heteroatoms. The van der Waals surface area contributed by atoms with E-state index in [2.05, 4.69) is 39.9 Å². The zero-order chi connectivity index (χ0) is 23.0. The average molecular weight is 436 g/mol. The fourth-order valence-corrected chi connectivity index (χ4v) is 7.06. The first kappa shape index (κ1) is 27.2. The largest absolute Gasteiger partial charge is 0.392 e. The second-order valence-electron chi connectivity index (χ2n) is 12.0. The SMILES string of the molecule is CC.CC1CCCC(CC2CC(C)CCC2CC(O)[C@H](C)NC2CC[C@H](C)C(C)C2)C1. The first-order chi connectivity index (χ1) is 14.8. The Morgan fingerprint density at radius 1 is 0.774 bits per heavy atom. The van der Waals surface area contributed by atoms with Crippen LogP contribution in [0.2, 0.25) is 0 Å².